The lowest BCUT2D eigenvalue weighted by Crippen LogP contribution is -2.39. The molecule has 2 atom stereocenters. The molecule has 1 aromatic rings. The number of rotatable bonds is 4. The highest BCUT2D eigenvalue weighted by molar-refractivity contribution is 5.31. The highest BCUT2D eigenvalue weighted by atomic mass is 19.1. The number of nitrogens with one attached hydrogen (secondary N) is 1. The number of hydrogen-bond acceptors (Lipinski definition) is 2. The molecule has 3 rings (SSSR count). The van der Waals surface area contributed by atoms with Crippen LogP contribution in [0.4, 0.5) is 4.39 Å². The standard InChI is InChI=1S/C16H22FNO/c1-16(17,13-3-2-10-18-11-13)12-4-6-14(7-5-12)19-15-8-9-15/h4-7,13,15,18H,2-3,8-11H2,1H3. The second kappa shape index (κ2) is 5.12. The zero-order valence-electron chi connectivity index (χ0n) is 11.5. The molecule has 2 nitrogen and oxygen atoms in total. The van der Waals surface area contributed by atoms with Gasteiger partial charge >= 0.3 is 0 Å². The van der Waals surface area contributed by atoms with Crippen molar-refractivity contribution in [2.45, 2.75) is 44.4 Å². The van der Waals surface area contributed by atoms with Crippen LogP contribution in [-0.4, -0.2) is 19.2 Å². The van der Waals surface area contributed by atoms with Crippen LogP contribution in [-0.2, 0) is 5.67 Å². The molecule has 1 saturated heterocycles. The Kier molecular flexibility index (Phi) is 3.48. The smallest absolute Gasteiger partial charge is 0.137 e. The summed E-state index contributed by atoms with van der Waals surface area (Å²) in [5.41, 5.74) is -0.490. The van der Waals surface area contributed by atoms with Crippen LogP contribution in [0.15, 0.2) is 24.3 Å². The SMILES string of the molecule is CC(F)(c1ccc(OC2CC2)cc1)C1CCCNC1. The van der Waals surface area contributed by atoms with E-state index in [1.54, 1.807) is 6.92 Å². The molecule has 1 N–H and O–H groups in total. The molecule has 0 bridgehead atoms. The second-order valence-corrected chi connectivity index (χ2v) is 5.96. The van der Waals surface area contributed by atoms with Gasteiger partial charge in [-0.2, -0.15) is 0 Å². The Bertz CT molecular complexity index is 419. The fourth-order valence-corrected chi connectivity index (χ4v) is 2.79. The predicted octanol–water partition coefficient (Wildman–Crippen LogP) is 3.41. The summed E-state index contributed by atoms with van der Waals surface area (Å²) in [5.74, 6) is 0.931. The molecular weight excluding hydrogens is 241 g/mol. The van der Waals surface area contributed by atoms with Crippen LogP contribution in [0, 0.1) is 5.92 Å². The summed E-state index contributed by atoms with van der Waals surface area (Å²) in [7, 11) is 0. The van der Waals surface area contributed by atoms with Crippen molar-refractivity contribution >= 4 is 0 Å². The third-order valence-electron chi connectivity index (χ3n) is 4.31. The summed E-state index contributed by atoms with van der Waals surface area (Å²) in [4.78, 5) is 0. The Morgan fingerprint density at radius 3 is 2.53 bits per heavy atom. The van der Waals surface area contributed by atoms with E-state index in [9.17, 15) is 0 Å². The highest BCUT2D eigenvalue weighted by Crippen LogP contribution is 2.38. The van der Waals surface area contributed by atoms with E-state index in [1.807, 2.05) is 24.3 Å². The zero-order valence-corrected chi connectivity index (χ0v) is 11.5. The zero-order chi connectivity index (χ0) is 13.3. The molecule has 2 aliphatic rings. The maximum atomic E-state index is 15.0. The third kappa shape index (κ3) is 2.92. The van der Waals surface area contributed by atoms with Crippen LogP contribution >= 0.6 is 0 Å². The molecule has 3 heteroatoms. The first kappa shape index (κ1) is 12.9. The van der Waals surface area contributed by atoms with Gasteiger partial charge < -0.3 is 10.1 Å². The first-order valence-corrected chi connectivity index (χ1v) is 7.33. The van der Waals surface area contributed by atoms with Gasteiger partial charge in [0.05, 0.1) is 6.10 Å². The van der Waals surface area contributed by atoms with Crippen molar-refractivity contribution in [3.8, 4) is 5.75 Å². The van der Waals surface area contributed by atoms with Gasteiger partial charge in [0, 0.05) is 12.5 Å². The minimum atomic E-state index is -1.26. The Morgan fingerprint density at radius 1 is 1.21 bits per heavy atom. The molecule has 19 heavy (non-hydrogen) atoms. The third-order valence-corrected chi connectivity index (χ3v) is 4.31. The lowest BCUT2D eigenvalue weighted by atomic mass is 9.80. The number of piperidine rings is 1. The van der Waals surface area contributed by atoms with E-state index in [-0.39, 0.29) is 5.92 Å². The first-order chi connectivity index (χ1) is 9.16. The first-order valence-electron chi connectivity index (χ1n) is 7.33. The van der Waals surface area contributed by atoms with Gasteiger partial charge in [-0.15, -0.1) is 0 Å². The highest BCUT2D eigenvalue weighted by Gasteiger charge is 2.36. The number of benzene rings is 1. The van der Waals surface area contributed by atoms with Gasteiger partial charge in [0.2, 0.25) is 0 Å². The quantitative estimate of drug-likeness (QED) is 0.899. The van der Waals surface area contributed by atoms with Gasteiger partial charge in [0.15, 0.2) is 0 Å². The molecule has 0 radical (unpaired) electrons. The van der Waals surface area contributed by atoms with Crippen molar-refractivity contribution in [1.82, 2.24) is 5.32 Å². The van der Waals surface area contributed by atoms with E-state index in [4.69, 9.17) is 4.74 Å². The van der Waals surface area contributed by atoms with E-state index in [0.717, 1.165) is 50.1 Å². The topological polar surface area (TPSA) is 21.3 Å². The van der Waals surface area contributed by atoms with E-state index in [0.29, 0.717) is 6.10 Å². The van der Waals surface area contributed by atoms with Gasteiger partial charge in [-0.25, -0.2) is 4.39 Å². The van der Waals surface area contributed by atoms with Crippen LogP contribution in [0.5, 0.6) is 5.75 Å². The van der Waals surface area contributed by atoms with Crippen LogP contribution < -0.4 is 10.1 Å². The monoisotopic (exact) mass is 263 g/mol. The molecule has 0 aromatic heterocycles. The van der Waals surface area contributed by atoms with Gasteiger partial charge in [0.25, 0.3) is 0 Å². The largest absolute Gasteiger partial charge is 0.490 e. The minimum absolute atomic E-state index is 0.0662. The lowest BCUT2D eigenvalue weighted by molar-refractivity contribution is 0.0811. The minimum Gasteiger partial charge on any atom is -0.490 e. The summed E-state index contributed by atoms with van der Waals surface area (Å²) in [6.45, 7) is 3.50. The van der Waals surface area contributed by atoms with E-state index >= 15 is 4.39 Å². The van der Waals surface area contributed by atoms with Crippen molar-refractivity contribution in [2.75, 3.05) is 13.1 Å². The molecule has 1 aliphatic carbocycles. The summed E-state index contributed by atoms with van der Waals surface area (Å²) in [5, 5.41) is 3.29. The van der Waals surface area contributed by atoms with Crippen molar-refractivity contribution in [3.05, 3.63) is 29.8 Å². The molecule has 0 spiro atoms. The molecule has 1 heterocycles. The Hall–Kier alpha value is -1.09. The average Bonchev–Trinajstić information content (AvgIpc) is 3.24. The van der Waals surface area contributed by atoms with Gasteiger partial charge in [-0.3, -0.25) is 0 Å². The Balaban J connectivity index is 1.71. The molecule has 2 fully saturated rings. The fourth-order valence-electron chi connectivity index (χ4n) is 2.79. The van der Waals surface area contributed by atoms with Gasteiger partial charge in [-0.05, 0) is 56.8 Å². The maximum Gasteiger partial charge on any atom is 0.137 e. The number of halogens is 1. The molecule has 104 valence electrons. The lowest BCUT2D eigenvalue weighted by Gasteiger charge is -2.34. The fraction of sp³-hybridized carbons (Fsp3) is 0.625. The van der Waals surface area contributed by atoms with Crippen molar-refractivity contribution in [2.24, 2.45) is 5.92 Å². The van der Waals surface area contributed by atoms with Crippen LogP contribution in [0.2, 0.25) is 0 Å². The molecule has 1 aromatic carbocycles. The van der Waals surface area contributed by atoms with E-state index < -0.39 is 5.67 Å². The molecule has 1 saturated carbocycles. The summed E-state index contributed by atoms with van der Waals surface area (Å²) < 4.78 is 20.7. The van der Waals surface area contributed by atoms with Crippen molar-refractivity contribution in [1.29, 1.82) is 0 Å². The number of hydrogen-bond donors (Lipinski definition) is 1. The maximum absolute atomic E-state index is 15.0. The van der Waals surface area contributed by atoms with Gasteiger partial charge in [-0.1, -0.05) is 12.1 Å². The summed E-state index contributed by atoms with van der Waals surface area (Å²) in [6, 6.07) is 7.57. The predicted molar refractivity (Wildman–Crippen MR) is 74.1 cm³/mol. The number of ether oxygens (including phenoxy) is 1. The van der Waals surface area contributed by atoms with Crippen LogP contribution in [0.3, 0.4) is 0 Å². The molecular formula is C16H22FNO. The van der Waals surface area contributed by atoms with Crippen LogP contribution in [0.25, 0.3) is 0 Å². The molecule has 0 amide bonds. The number of alkyl halides is 1. The van der Waals surface area contributed by atoms with Gasteiger partial charge in [0.1, 0.15) is 11.4 Å². The summed E-state index contributed by atoms with van der Waals surface area (Å²) in [6.07, 6.45) is 4.71. The molecule has 1 aliphatic heterocycles. The molecule has 2 unspecified atom stereocenters. The normalized spacial score (nSPS) is 26.7. The van der Waals surface area contributed by atoms with Crippen molar-refractivity contribution < 1.29 is 9.13 Å². The van der Waals surface area contributed by atoms with E-state index in [1.165, 1.54) is 0 Å². The average molecular weight is 263 g/mol. The summed E-state index contributed by atoms with van der Waals surface area (Å²) >= 11 is 0. The second-order valence-electron chi connectivity index (χ2n) is 5.96. The Morgan fingerprint density at radius 2 is 1.95 bits per heavy atom. The van der Waals surface area contributed by atoms with Crippen LogP contribution in [0.1, 0.15) is 38.2 Å². The van der Waals surface area contributed by atoms with Crippen molar-refractivity contribution in [3.63, 3.8) is 0 Å². The Labute approximate surface area is 114 Å². The van der Waals surface area contributed by atoms with E-state index in [2.05, 4.69) is 5.32 Å².